The van der Waals surface area contributed by atoms with Crippen LogP contribution in [0.4, 0.5) is 5.69 Å². The van der Waals surface area contributed by atoms with Crippen molar-refractivity contribution < 1.29 is 28.6 Å². The fraction of sp³-hybridized carbons (Fsp3) is 0.542. The van der Waals surface area contributed by atoms with Gasteiger partial charge in [0.1, 0.15) is 11.4 Å². The van der Waals surface area contributed by atoms with Crippen LogP contribution in [0.15, 0.2) is 36.4 Å². The Bertz CT molecular complexity index is 952. The summed E-state index contributed by atoms with van der Waals surface area (Å²) in [6, 6.07) is 7.33. The maximum Gasteiger partial charge on any atom is 0.309 e. The quantitative estimate of drug-likeness (QED) is 0.513. The van der Waals surface area contributed by atoms with Gasteiger partial charge in [0.25, 0.3) is 0 Å². The number of fused-ring (bicyclic) bond motifs is 1. The Kier molecular flexibility index (Phi) is 5.20. The van der Waals surface area contributed by atoms with E-state index in [1.165, 1.54) is 0 Å². The van der Waals surface area contributed by atoms with Crippen molar-refractivity contribution in [3.05, 3.63) is 36.4 Å². The van der Waals surface area contributed by atoms with Crippen LogP contribution < -0.4 is 9.64 Å². The zero-order valence-electron chi connectivity index (χ0n) is 18.4. The molecule has 1 aromatic carbocycles. The van der Waals surface area contributed by atoms with E-state index in [2.05, 4.69) is 0 Å². The number of esters is 1. The second kappa shape index (κ2) is 7.92. The number of benzene rings is 1. The third-order valence-electron chi connectivity index (χ3n) is 7.20. The number of hydrogen-bond donors (Lipinski definition) is 0. The number of anilines is 1. The zero-order chi connectivity index (χ0) is 22.5. The molecule has 0 saturated carbocycles. The molecule has 0 radical (unpaired) electrons. The monoisotopic (exact) mass is 440 g/mol. The molecule has 0 N–H and O–H groups in total. The molecular formula is C24H28N2O6. The highest BCUT2D eigenvalue weighted by molar-refractivity contribution is 6.03. The van der Waals surface area contributed by atoms with Crippen LogP contribution in [-0.2, 0) is 23.9 Å². The molecule has 3 fully saturated rings. The van der Waals surface area contributed by atoms with Crippen LogP contribution >= 0.6 is 0 Å². The first-order valence-electron chi connectivity index (χ1n) is 11.3. The van der Waals surface area contributed by atoms with E-state index in [9.17, 15) is 14.4 Å². The summed E-state index contributed by atoms with van der Waals surface area (Å²) >= 11 is 0. The number of amides is 2. The minimum Gasteiger partial charge on any atom is -0.497 e. The summed E-state index contributed by atoms with van der Waals surface area (Å²) in [5.41, 5.74) is 0.00658. The Labute approximate surface area is 187 Å². The Hall–Kier alpha value is -2.87. The molecule has 1 spiro atoms. The van der Waals surface area contributed by atoms with E-state index >= 15 is 0 Å². The van der Waals surface area contributed by atoms with Gasteiger partial charge in [0.15, 0.2) is 0 Å². The van der Waals surface area contributed by atoms with Crippen LogP contribution in [0.1, 0.15) is 19.8 Å². The van der Waals surface area contributed by atoms with Gasteiger partial charge in [-0.1, -0.05) is 12.2 Å². The number of piperidine rings is 1. The van der Waals surface area contributed by atoms with Crippen LogP contribution in [0.3, 0.4) is 0 Å². The molecule has 8 heteroatoms. The molecule has 2 amide bonds. The maximum absolute atomic E-state index is 13.5. The van der Waals surface area contributed by atoms with Gasteiger partial charge in [0, 0.05) is 18.8 Å². The van der Waals surface area contributed by atoms with Crippen LogP contribution in [0, 0.1) is 17.8 Å². The second-order valence-corrected chi connectivity index (χ2v) is 8.87. The van der Waals surface area contributed by atoms with Crippen molar-refractivity contribution >= 4 is 23.5 Å². The number of nitrogens with zero attached hydrogens (tertiary/aromatic N) is 2. The van der Waals surface area contributed by atoms with E-state index in [1.807, 2.05) is 36.4 Å². The third kappa shape index (κ3) is 3.20. The molecule has 4 aliphatic rings. The Morgan fingerprint density at radius 2 is 1.91 bits per heavy atom. The molecule has 3 saturated heterocycles. The molecule has 8 nitrogen and oxygen atoms in total. The summed E-state index contributed by atoms with van der Waals surface area (Å²) in [5.74, 6) is -0.842. The molecule has 1 aromatic rings. The minimum atomic E-state index is -0.759. The van der Waals surface area contributed by atoms with Gasteiger partial charge in [-0.2, -0.15) is 0 Å². The van der Waals surface area contributed by atoms with E-state index in [0.717, 1.165) is 11.4 Å². The first-order valence-corrected chi connectivity index (χ1v) is 11.3. The smallest absolute Gasteiger partial charge is 0.309 e. The van der Waals surface area contributed by atoms with E-state index in [4.69, 9.17) is 14.2 Å². The van der Waals surface area contributed by atoms with Crippen LogP contribution in [-0.4, -0.2) is 67.7 Å². The lowest BCUT2D eigenvalue weighted by molar-refractivity contribution is -0.152. The van der Waals surface area contributed by atoms with Crippen molar-refractivity contribution in [1.82, 2.24) is 4.90 Å². The van der Waals surface area contributed by atoms with E-state index in [0.29, 0.717) is 39.1 Å². The molecule has 4 heterocycles. The number of likely N-dealkylation sites (tertiary alicyclic amines) is 1. The van der Waals surface area contributed by atoms with Crippen LogP contribution in [0.5, 0.6) is 5.75 Å². The molecule has 4 atom stereocenters. The highest BCUT2D eigenvalue weighted by Gasteiger charge is 2.67. The van der Waals surface area contributed by atoms with Crippen LogP contribution in [0.2, 0.25) is 0 Å². The van der Waals surface area contributed by atoms with Gasteiger partial charge in [-0.05, 0) is 44.0 Å². The van der Waals surface area contributed by atoms with Gasteiger partial charge in [-0.15, -0.1) is 0 Å². The van der Waals surface area contributed by atoms with Crippen LogP contribution in [0.25, 0.3) is 0 Å². The van der Waals surface area contributed by atoms with Crippen molar-refractivity contribution in [2.45, 2.75) is 31.5 Å². The van der Waals surface area contributed by atoms with Crippen molar-refractivity contribution in [2.24, 2.45) is 17.8 Å². The van der Waals surface area contributed by atoms with E-state index in [1.54, 1.807) is 23.8 Å². The van der Waals surface area contributed by atoms with E-state index < -0.39 is 17.4 Å². The van der Waals surface area contributed by atoms with Crippen molar-refractivity contribution in [1.29, 1.82) is 0 Å². The lowest BCUT2D eigenvalue weighted by Crippen LogP contribution is -2.49. The molecule has 4 aliphatic heterocycles. The summed E-state index contributed by atoms with van der Waals surface area (Å²) in [7, 11) is 1.60. The summed E-state index contributed by atoms with van der Waals surface area (Å²) in [6.45, 7) is 3.53. The van der Waals surface area contributed by atoms with Gasteiger partial charge in [-0.3, -0.25) is 14.4 Å². The van der Waals surface area contributed by atoms with Gasteiger partial charge >= 0.3 is 5.97 Å². The maximum atomic E-state index is 13.5. The molecule has 32 heavy (non-hydrogen) atoms. The van der Waals surface area contributed by atoms with E-state index in [-0.39, 0.29) is 29.8 Å². The molecular weight excluding hydrogens is 412 g/mol. The SMILES string of the molecule is CCOC(=O)C1CCN(C(=O)C2C3C=CC4(CN(c5ccc(OC)cc5)C(=O)C24)O3)CC1. The topological polar surface area (TPSA) is 85.4 Å². The zero-order valence-corrected chi connectivity index (χ0v) is 18.4. The summed E-state index contributed by atoms with van der Waals surface area (Å²) in [5, 5.41) is 0. The third-order valence-corrected chi connectivity index (χ3v) is 7.20. The molecule has 0 aliphatic carbocycles. The Morgan fingerprint density at radius 3 is 2.56 bits per heavy atom. The highest BCUT2D eigenvalue weighted by atomic mass is 16.5. The number of ether oxygens (including phenoxy) is 3. The minimum absolute atomic E-state index is 0.0570. The number of carbonyl (C=O) groups excluding carboxylic acids is 3. The number of rotatable bonds is 5. The van der Waals surface area contributed by atoms with Gasteiger partial charge < -0.3 is 24.0 Å². The number of methoxy groups -OCH3 is 1. The molecule has 5 rings (SSSR count). The van der Waals surface area contributed by atoms with Gasteiger partial charge in [0.2, 0.25) is 11.8 Å². The first-order chi connectivity index (χ1) is 15.5. The summed E-state index contributed by atoms with van der Waals surface area (Å²) < 4.78 is 16.6. The normalized spacial score (nSPS) is 31.2. The number of carbonyl (C=O) groups is 3. The summed E-state index contributed by atoms with van der Waals surface area (Å²) in [4.78, 5) is 42.5. The second-order valence-electron chi connectivity index (χ2n) is 8.87. The average molecular weight is 440 g/mol. The fourth-order valence-electron chi connectivity index (χ4n) is 5.57. The largest absolute Gasteiger partial charge is 0.497 e. The van der Waals surface area contributed by atoms with Gasteiger partial charge in [0.05, 0.1) is 44.1 Å². The number of hydrogen-bond acceptors (Lipinski definition) is 6. The summed E-state index contributed by atoms with van der Waals surface area (Å²) in [6.07, 6.45) is 4.67. The Morgan fingerprint density at radius 1 is 1.19 bits per heavy atom. The standard InChI is InChI=1S/C24H28N2O6/c1-3-31-23(29)15-9-12-25(13-10-15)21(27)19-18-8-11-24(32-18)14-26(22(28)20(19)24)16-4-6-17(30-2)7-5-16/h4-8,11,15,18-20H,3,9-10,12-14H2,1-2H3. The Balaban J connectivity index is 1.32. The van der Waals surface area contributed by atoms with Gasteiger partial charge in [-0.25, -0.2) is 0 Å². The molecule has 4 unspecified atom stereocenters. The average Bonchev–Trinajstić information content (AvgIpc) is 3.47. The molecule has 0 aromatic heterocycles. The first kappa shape index (κ1) is 21.0. The predicted molar refractivity (Wildman–Crippen MR) is 115 cm³/mol. The molecule has 170 valence electrons. The van der Waals surface area contributed by atoms with Crippen molar-refractivity contribution in [3.63, 3.8) is 0 Å². The van der Waals surface area contributed by atoms with Crippen molar-refractivity contribution in [2.75, 3.05) is 38.3 Å². The lowest BCUT2D eigenvalue weighted by atomic mass is 9.76. The predicted octanol–water partition coefficient (Wildman–Crippen LogP) is 1.78. The lowest BCUT2D eigenvalue weighted by Gasteiger charge is -2.34. The van der Waals surface area contributed by atoms with Crippen molar-refractivity contribution in [3.8, 4) is 5.75 Å². The molecule has 2 bridgehead atoms. The highest BCUT2D eigenvalue weighted by Crippen LogP contribution is 2.53. The fourth-order valence-corrected chi connectivity index (χ4v) is 5.57.